The van der Waals surface area contributed by atoms with E-state index in [0.717, 1.165) is 30.3 Å². The Balaban J connectivity index is 1.68. The molecule has 0 aliphatic heterocycles. The van der Waals surface area contributed by atoms with Crippen molar-refractivity contribution in [1.29, 1.82) is 0 Å². The Hall–Kier alpha value is -3.12. The fraction of sp³-hybridized carbons (Fsp3) is 0.304. The predicted octanol–water partition coefficient (Wildman–Crippen LogP) is 4.43. The van der Waals surface area contributed by atoms with Crippen LogP contribution in [0.25, 0.3) is 11.0 Å². The van der Waals surface area contributed by atoms with Crippen molar-refractivity contribution in [2.24, 2.45) is 0 Å². The first-order valence-electron chi connectivity index (χ1n) is 9.78. The molecule has 1 aromatic heterocycles. The van der Waals surface area contributed by atoms with Gasteiger partial charge in [-0.2, -0.15) is 0 Å². The van der Waals surface area contributed by atoms with Gasteiger partial charge < -0.3 is 14.1 Å². The third-order valence-electron chi connectivity index (χ3n) is 4.64. The maximum atomic E-state index is 12.0. The van der Waals surface area contributed by atoms with Gasteiger partial charge in [0.25, 0.3) is 0 Å². The number of benzene rings is 2. The Morgan fingerprint density at radius 2 is 1.93 bits per heavy atom. The van der Waals surface area contributed by atoms with E-state index in [1.54, 1.807) is 19.1 Å². The molecule has 0 atom stereocenters. The molecule has 3 aromatic rings. The lowest BCUT2D eigenvalue weighted by Crippen LogP contribution is -2.20. The molecule has 29 heavy (non-hydrogen) atoms. The van der Waals surface area contributed by atoms with Crippen molar-refractivity contribution in [3.05, 3.63) is 76.1 Å². The van der Waals surface area contributed by atoms with E-state index in [2.05, 4.69) is 34.5 Å². The van der Waals surface area contributed by atoms with Crippen molar-refractivity contribution in [2.45, 2.75) is 26.3 Å². The summed E-state index contributed by atoms with van der Waals surface area (Å²) in [4.78, 5) is 25.8. The van der Waals surface area contributed by atoms with E-state index in [4.69, 9.17) is 9.15 Å². The van der Waals surface area contributed by atoms with Gasteiger partial charge in [0.1, 0.15) is 5.58 Å². The number of aryl methyl sites for hydroxylation is 1. The zero-order valence-electron chi connectivity index (χ0n) is 16.8. The highest BCUT2D eigenvalue weighted by Gasteiger charge is 2.10. The molecule has 6 nitrogen and oxygen atoms in total. The van der Waals surface area contributed by atoms with Crippen LogP contribution in [0.1, 0.15) is 24.5 Å². The van der Waals surface area contributed by atoms with Gasteiger partial charge in [-0.1, -0.05) is 30.3 Å². The molecule has 0 fully saturated rings. The van der Waals surface area contributed by atoms with Gasteiger partial charge >= 0.3 is 11.7 Å². The highest BCUT2D eigenvalue weighted by Crippen LogP contribution is 2.22. The number of rotatable bonds is 8. The summed E-state index contributed by atoms with van der Waals surface area (Å²) in [7, 11) is 2.04. The number of fused-ring (bicyclic) bond motifs is 1. The van der Waals surface area contributed by atoms with Gasteiger partial charge in [0.15, 0.2) is 0 Å². The molecule has 0 saturated heterocycles. The standard InChI is InChI=1S/C23H26N2O4/c1-3-28-23(27)24-19-11-12-20-18(14-22(26)29-21(20)15-19)16-25(2)13-7-10-17-8-5-4-6-9-17/h4-6,8-9,11-12,14-15H,3,7,10,13,16H2,1-2H3,(H,24,27). The zero-order valence-corrected chi connectivity index (χ0v) is 16.8. The predicted molar refractivity (Wildman–Crippen MR) is 114 cm³/mol. The lowest BCUT2D eigenvalue weighted by atomic mass is 10.1. The summed E-state index contributed by atoms with van der Waals surface area (Å²) in [6, 6.07) is 17.2. The smallest absolute Gasteiger partial charge is 0.411 e. The first-order valence-corrected chi connectivity index (χ1v) is 9.78. The third-order valence-corrected chi connectivity index (χ3v) is 4.64. The minimum Gasteiger partial charge on any atom is -0.450 e. The van der Waals surface area contributed by atoms with Crippen molar-refractivity contribution in [2.75, 3.05) is 25.5 Å². The minimum absolute atomic E-state index is 0.287. The fourth-order valence-corrected chi connectivity index (χ4v) is 3.29. The zero-order chi connectivity index (χ0) is 20.6. The Morgan fingerprint density at radius 1 is 1.14 bits per heavy atom. The quantitative estimate of drug-likeness (QED) is 0.573. The van der Waals surface area contributed by atoms with Crippen LogP contribution in [0.5, 0.6) is 0 Å². The number of hydrogen-bond acceptors (Lipinski definition) is 5. The van der Waals surface area contributed by atoms with Gasteiger partial charge in [0.2, 0.25) is 0 Å². The molecule has 0 aliphatic rings. The lowest BCUT2D eigenvalue weighted by Gasteiger charge is -2.17. The molecule has 0 aliphatic carbocycles. The topological polar surface area (TPSA) is 71.8 Å². The number of nitrogens with zero attached hydrogens (tertiary/aromatic N) is 1. The molecular formula is C23H26N2O4. The molecular weight excluding hydrogens is 368 g/mol. The molecule has 0 radical (unpaired) electrons. The van der Waals surface area contributed by atoms with E-state index in [1.165, 1.54) is 11.6 Å². The Morgan fingerprint density at radius 3 is 2.69 bits per heavy atom. The highest BCUT2D eigenvalue weighted by atomic mass is 16.5. The van der Waals surface area contributed by atoms with Crippen LogP contribution in [0.2, 0.25) is 0 Å². The Kier molecular flexibility index (Phi) is 7.03. The molecule has 1 amide bonds. The van der Waals surface area contributed by atoms with E-state index >= 15 is 0 Å². The number of carbonyl (C=O) groups excluding carboxylic acids is 1. The summed E-state index contributed by atoms with van der Waals surface area (Å²) in [5, 5.41) is 3.48. The van der Waals surface area contributed by atoms with Crippen LogP contribution in [-0.4, -0.2) is 31.2 Å². The minimum atomic E-state index is -0.538. The second-order valence-corrected chi connectivity index (χ2v) is 6.97. The van der Waals surface area contributed by atoms with Crippen LogP contribution in [0.3, 0.4) is 0 Å². The van der Waals surface area contributed by atoms with Crippen molar-refractivity contribution >= 4 is 22.7 Å². The summed E-state index contributed by atoms with van der Waals surface area (Å²) in [5.41, 5.74) is 2.79. The first-order chi connectivity index (χ1) is 14.0. The molecule has 0 bridgehead atoms. The van der Waals surface area contributed by atoms with Crippen molar-refractivity contribution in [3.63, 3.8) is 0 Å². The second-order valence-electron chi connectivity index (χ2n) is 6.97. The Bertz CT molecular complexity index is 1010. The van der Waals surface area contributed by atoms with Gasteiger partial charge in [-0.25, -0.2) is 9.59 Å². The lowest BCUT2D eigenvalue weighted by molar-refractivity contribution is 0.168. The molecule has 1 N–H and O–H groups in total. The molecule has 2 aromatic carbocycles. The average Bonchev–Trinajstić information content (AvgIpc) is 2.68. The van der Waals surface area contributed by atoms with E-state index in [9.17, 15) is 9.59 Å². The second kappa shape index (κ2) is 9.89. The van der Waals surface area contributed by atoms with Gasteiger partial charge in [0.05, 0.1) is 6.61 Å². The number of ether oxygens (including phenoxy) is 1. The summed E-state index contributed by atoms with van der Waals surface area (Å²) < 4.78 is 10.2. The van der Waals surface area contributed by atoms with Gasteiger partial charge in [0, 0.05) is 29.8 Å². The van der Waals surface area contributed by atoms with Crippen molar-refractivity contribution < 1.29 is 13.9 Å². The molecule has 1 heterocycles. The SMILES string of the molecule is CCOC(=O)Nc1ccc2c(CN(C)CCCc3ccccc3)cc(=O)oc2c1. The van der Waals surface area contributed by atoms with Crippen LogP contribution in [0.4, 0.5) is 10.5 Å². The van der Waals surface area contributed by atoms with E-state index in [0.29, 0.717) is 17.8 Å². The number of hydrogen-bond donors (Lipinski definition) is 1. The summed E-state index contributed by atoms with van der Waals surface area (Å²) in [5.74, 6) is 0. The van der Waals surface area contributed by atoms with E-state index in [-0.39, 0.29) is 6.61 Å². The van der Waals surface area contributed by atoms with Crippen LogP contribution in [0, 0.1) is 0 Å². The largest absolute Gasteiger partial charge is 0.450 e. The molecule has 6 heteroatoms. The third kappa shape index (κ3) is 5.93. The fourth-order valence-electron chi connectivity index (χ4n) is 3.29. The van der Waals surface area contributed by atoms with Crippen molar-refractivity contribution in [3.8, 4) is 0 Å². The number of nitrogens with one attached hydrogen (secondary N) is 1. The first kappa shape index (κ1) is 20.6. The van der Waals surface area contributed by atoms with Crippen LogP contribution >= 0.6 is 0 Å². The summed E-state index contributed by atoms with van der Waals surface area (Å²) >= 11 is 0. The summed E-state index contributed by atoms with van der Waals surface area (Å²) in [6.07, 6.45) is 1.52. The number of carbonyl (C=O) groups is 1. The maximum Gasteiger partial charge on any atom is 0.411 e. The van der Waals surface area contributed by atoms with Crippen LogP contribution in [0.15, 0.2) is 63.8 Å². The highest BCUT2D eigenvalue weighted by molar-refractivity contribution is 5.89. The van der Waals surface area contributed by atoms with E-state index < -0.39 is 11.7 Å². The normalized spacial score (nSPS) is 11.0. The van der Waals surface area contributed by atoms with Gasteiger partial charge in [-0.05, 0) is 56.6 Å². The van der Waals surface area contributed by atoms with Gasteiger partial charge in [-0.15, -0.1) is 0 Å². The van der Waals surface area contributed by atoms with E-state index in [1.807, 2.05) is 19.2 Å². The molecule has 0 saturated carbocycles. The maximum absolute atomic E-state index is 12.0. The van der Waals surface area contributed by atoms with Crippen LogP contribution in [-0.2, 0) is 17.7 Å². The summed E-state index contributed by atoms with van der Waals surface area (Å²) in [6.45, 7) is 3.58. The monoisotopic (exact) mass is 394 g/mol. The molecule has 0 spiro atoms. The molecule has 0 unspecified atom stereocenters. The number of anilines is 1. The Labute approximate surface area is 170 Å². The molecule has 152 valence electrons. The van der Waals surface area contributed by atoms with Crippen LogP contribution < -0.4 is 10.9 Å². The average molecular weight is 394 g/mol. The molecule has 3 rings (SSSR count). The van der Waals surface area contributed by atoms with Crippen molar-refractivity contribution in [1.82, 2.24) is 4.90 Å². The number of amides is 1. The van der Waals surface area contributed by atoms with Gasteiger partial charge in [-0.3, -0.25) is 5.32 Å².